The summed E-state index contributed by atoms with van der Waals surface area (Å²) in [5.41, 5.74) is 7.60. The molecule has 0 radical (unpaired) electrons. The first-order valence-corrected chi connectivity index (χ1v) is 10.5. The van der Waals surface area contributed by atoms with E-state index in [0.717, 1.165) is 5.56 Å². The predicted octanol–water partition coefficient (Wildman–Crippen LogP) is 3.17. The number of ketones is 1. The number of Topliss-reactive ketones (excluding diaryl/α,β-unsaturated/α-hetero) is 1. The maximum atomic E-state index is 13.3. The molecule has 0 fully saturated rings. The van der Waals surface area contributed by atoms with Crippen molar-refractivity contribution in [1.82, 2.24) is 5.32 Å². The van der Waals surface area contributed by atoms with Crippen LogP contribution in [0.4, 0.5) is 0 Å². The zero-order valence-electron chi connectivity index (χ0n) is 19.0. The zero-order chi connectivity index (χ0) is 24.5. The molecule has 9 heteroatoms. The molecule has 1 amide bonds. The molecule has 0 saturated heterocycles. The van der Waals surface area contributed by atoms with Crippen molar-refractivity contribution in [3.63, 3.8) is 0 Å². The lowest BCUT2D eigenvalue weighted by Gasteiger charge is -2.18. The van der Waals surface area contributed by atoms with Gasteiger partial charge in [-0.25, -0.2) is 4.79 Å². The van der Waals surface area contributed by atoms with Crippen LogP contribution in [0.15, 0.2) is 78.9 Å². The number of amides is 1. The van der Waals surface area contributed by atoms with Gasteiger partial charge in [0.05, 0.1) is 13.2 Å². The lowest BCUT2D eigenvalue weighted by atomic mass is 9.97. The van der Waals surface area contributed by atoms with Gasteiger partial charge in [0.2, 0.25) is 0 Å². The fourth-order valence-electron chi connectivity index (χ4n) is 3.22. The van der Waals surface area contributed by atoms with Crippen LogP contribution in [0.2, 0.25) is 0 Å². The molecule has 3 aromatic rings. The highest BCUT2D eigenvalue weighted by Crippen LogP contribution is 2.16. The lowest BCUT2D eigenvalue weighted by molar-refractivity contribution is -0.142. The van der Waals surface area contributed by atoms with Crippen molar-refractivity contribution in [2.24, 2.45) is 5.73 Å². The van der Waals surface area contributed by atoms with E-state index >= 15 is 0 Å². The second-order valence-corrected chi connectivity index (χ2v) is 7.46. The summed E-state index contributed by atoms with van der Waals surface area (Å²) in [6.45, 7) is -0.237. The highest BCUT2D eigenvalue weighted by atomic mass is 35.5. The van der Waals surface area contributed by atoms with Gasteiger partial charge in [-0.1, -0.05) is 42.5 Å². The number of nitrogen functional groups attached to an aromatic ring is 1. The lowest BCUT2D eigenvalue weighted by Crippen LogP contribution is -2.42. The fraction of sp³-hybridized carbons (Fsp3) is 0.154. The summed E-state index contributed by atoms with van der Waals surface area (Å²) in [6, 6.07) is 21.2. The number of carbonyl (C=O) groups is 3. The van der Waals surface area contributed by atoms with E-state index in [9.17, 15) is 14.4 Å². The number of halogens is 1. The van der Waals surface area contributed by atoms with Crippen molar-refractivity contribution in [3.8, 4) is 5.75 Å². The van der Waals surface area contributed by atoms with E-state index in [1.165, 1.54) is 7.11 Å². The summed E-state index contributed by atoms with van der Waals surface area (Å²) in [7, 11) is 1.27. The molecule has 35 heavy (non-hydrogen) atoms. The Labute approximate surface area is 209 Å². The van der Waals surface area contributed by atoms with E-state index in [4.69, 9.17) is 15.9 Å². The summed E-state index contributed by atoms with van der Waals surface area (Å²) < 4.78 is 9.86. The fourth-order valence-corrected chi connectivity index (χ4v) is 3.22. The first kappa shape index (κ1) is 27.1. The minimum atomic E-state index is -0.816. The van der Waals surface area contributed by atoms with Gasteiger partial charge in [-0.05, 0) is 42.0 Å². The van der Waals surface area contributed by atoms with Gasteiger partial charge in [0.1, 0.15) is 11.6 Å². The third kappa shape index (κ3) is 7.68. The molecule has 0 bridgehead atoms. The number of hydrogen-bond donors (Lipinski definition) is 3. The summed E-state index contributed by atoms with van der Waals surface area (Å²) in [4.78, 5) is 37.4. The van der Waals surface area contributed by atoms with Crippen molar-refractivity contribution < 1.29 is 23.9 Å². The van der Waals surface area contributed by atoms with Gasteiger partial charge in [-0.2, -0.15) is 0 Å². The second-order valence-electron chi connectivity index (χ2n) is 7.46. The number of esters is 1. The molecule has 0 heterocycles. The van der Waals surface area contributed by atoms with Crippen LogP contribution in [0.25, 0.3) is 0 Å². The summed E-state index contributed by atoms with van der Waals surface area (Å²) >= 11 is 0. The van der Waals surface area contributed by atoms with Crippen molar-refractivity contribution in [1.29, 1.82) is 5.41 Å². The maximum absolute atomic E-state index is 13.3. The Morgan fingerprint density at radius 1 is 0.886 bits per heavy atom. The van der Waals surface area contributed by atoms with Crippen molar-refractivity contribution in [2.45, 2.75) is 12.5 Å². The van der Waals surface area contributed by atoms with Crippen LogP contribution in [-0.2, 0) is 16.0 Å². The van der Waals surface area contributed by atoms with Crippen LogP contribution < -0.4 is 15.8 Å². The Bertz CT molecular complexity index is 1170. The van der Waals surface area contributed by atoms with Crippen molar-refractivity contribution >= 4 is 35.9 Å². The molecule has 3 rings (SSSR count). The van der Waals surface area contributed by atoms with Crippen LogP contribution in [-0.4, -0.2) is 43.3 Å². The predicted molar refractivity (Wildman–Crippen MR) is 134 cm³/mol. The molecule has 0 aliphatic rings. The molecule has 3 aromatic carbocycles. The van der Waals surface area contributed by atoms with Crippen LogP contribution in [0.3, 0.4) is 0 Å². The normalized spacial score (nSPS) is 10.9. The van der Waals surface area contributed by atoms with Gasteiger partial charge in [-0.15, -0.1) is 12.4 Å². The first-order valence-electron chi connectivity index (χ1n) is 10.5. The van der Waals surface area contributed by atoms with Gasteiger partial charge in [0.15, 0.2) is 12.4 Å². The number of nitrogens with one attached hydrogen (secondary N) is 2. The smallest absolute Gasteiger partial charge is 0.343 e. The molecule has 1 atom stereocenters. The van der Waals surface area contributed by atoms with E-state index in [2.05, 4.69) is 10.1 Å². The van der Waals surface area contributed by atoms with Crippen LogP contribution in [0.5, 0.6) is 5.75 Å². The number of benzene rings is 3. The summed E-state index contributed by atoms with van der Waals surface area (Å²) in [5, 5.41) is 10.3. The largest absolute Gasteiger partial charge is 0.482 e. The highest BCUT2D eigenvalue weighted by molar-refractivity contribution is 6.05. The van der Waals surface area contributed by atoms with E-state index in [0.29, 0.717) is 28.9 Å². The minimum Gasteiger partial charge on any atom is -0.482 e. The molecule has 182 valence electrons. The molecular weight excluding hydrogens is 470 g/mol. The van der Waals surface area contributed by atoms with Crippen LogP contribution in [0.1, 0.15) is 31.8 Å². The third-order valence-electron chi connectivity index (χ3n) is 5.09. The molecule has 0 aromatic heterocycles. The average Bonchev–Trinajstić information content (AvgIpc) is 2.87. The van der Waals surface area contributed by atoms with Gasteiger partial charge < -0.3 is 20.5 Å². The number of carbonyl (C=O) groups excluding carboxylic acids is 3. The molecule has 0 spiro atoms. The van der Waals surface area contributed by atoms with Crippen LogP contribution in [0, 0.1) is 5.41 Å². The van der Waals surface area contributed by atoms with Gasteiger partial charge >= 0.3 is 5.97 Å². The Hall–Kier alpha value is -4.17. The molecule has 0 aliphatic carbocycles. The van der Waals surface area contributed by atoms with Crippen molar-refractivity contribution in [2.75, 3.05) is 13.7 Å². The quantitative estimate of drug-likeness (QED) is 0.171. The van der Waals surface area contributed by atoms with E-state index < -0.39 is 17.9 Å². The Balaban J connectivity index is 0.00000432. The zero-order valence-corrected chi connectivity index (χ0v) is 19.8. The number of nitrogens with two attached hydrogens (primary N) is 1. The SMILES string of the molecule is COC(=O)COc1ccc(C(=O)C(Cc2ccccc2)NC(=O)c2ccc(C(=N)N)cc2)cc1.Cl. The molecule has 0 aliphatic heterocycles. The Morgan fingerprint density at radius 2 is 1.46 bits per heavy atom. The molecule has 1 unspecified atom stereocenters. The number of ether oxygens (including phenoxy) is 2. The van der Waals surface area contributed by atoms with Gasteiger partial charge in [0.25, 0.3) is 5.91 Å². The van der Waals surface area contributed by atoms with Gasteiger partial charge in [-0.3, -0.25) is 15.0 Å². The van der Waals surface area contributed by atoms with E-state index in [1.54, 1.807) is 48.5 Å². The summed E-state index contributed by atoms with van der Waals surface area (Å²) in [5.74, 6) is -0.874. The standard InChI is InChI=1S/C26H25N3O5.ClH/c1-33-23(30)16-34-21-13-11-18(12-14-21)24(31)22(15-17-5-3-2-4-6-17)29-26(32)20-9-7-19(8-10-20)25(27)28;/h2-14,22H,15-16H2,1H3,(H3,27,28)(H,29,32);1H. The van der Waals surface area contributed by atoms with E-state index in [-0.39, 0.29) is 30.6 Å². The molecule has 8 nitrogen and oxygen atoms in total. The Kier molecular flexibility index (Phi) is 9.98. The van der Waals surface area contributed by atoms with E-state index in [1.807, 2.05) is 30.3 Å². The Morgan fingerprint density at radius 3 is 2.03 bits per heavy atom. The van der Waals surface area contributed by atoms with Crippen molar-refractivity contribution in [3.05, 3.63) is 101 Å². The molecular formula is C26H26ClN3O5. The number of amidine groups is 1. The van der Waals surface area contributed by atoms with Gasteiger partial charge in [0, 0.05) is 23.1 Å². The number of methoxy groups -OCH3 is 1. The third-order valence-corrected chi connectivity index (χ3v) is 5.09. The first-order chi connectivity index (χ1) is 16.4. The molecule has 4 N–H and O–H groups in total. The highest BCUT2D eigenvalue weighted by Gasteiger charge is 2.23. The summed E-state index contributed by atoms with van der Waals surface area (Å²) in [6.07, 6.45) is 0.303. The number of hydrogen-bond acceptors (Lipinski definition) is 6. The number of rotatable bonds is 10. The monoisotopic (exact) mass is 495 g/mol. The average molecular weight is 496 g/mol. The van der Waals surface area contributed by atoms with Crippen LogP contribution >= 0.6 is 12.4 Å². The second kappa shape index (κ2) is 12.9. The minimum absolute atomic E-state index is 0. The topological polar surface area (TPSA) is 132 Å². The molecule has 0 saturated carbocycles. The maximum Gasteiger partial charge on any atom is 0.343 e.